The number of nitrogens with two attached hydrogens (primary N) is 1. The van der Waals surface area contributed by atoms with Gasteiger partial charge in [-0.2, -0.15) is 0 Å². The van der Waals surface area contributed by atoms with Crippen molar-refractivity contribution < 1.29 is 17.7 Å². The van der Waals surface area contributed by atoms with E-state index in [2.05, 4.69) is 5.16 Å². The van der Waals surface area contributed by atoms with Crippen molar-refractivity contribution in [2.75, 3.05) is 6.61 Å². The second kappa shape index (κ2) is 7.82. The third-order valence-corrected chi connectivity index (χ3v) is 5.57. The highest BCUT2D eigenvalue weighted by atomic mass is 35.5. The van der Waals surface area contributed by atoms with E-state index in [1.54, 1.807) is 25.1 Å². The number of benzene rings is 2. The largest absolute Gasteiger partial charge is 0.377 e. The zero-order valence-electron chi connectivity index (χ0n) is 14.9. The Balaban J connectivity index is 2.30. The van der Waals surface area contributed by atoms with Crippen LogP contribution in [-0.2, 0) is 21.4 Å². The molecule has 27 heavy (non-hydrogen) atoms. The second-order valence-electron chi connectivity index (χ2n) is 5.92. The third-order valence-electron chi connectivity index (χ3n) is 4.11. The Bertz CT molecular complexity index is 1080. The molecule has 0 atom stereocenters. The SMILES string of the molecule is CCOCc1ccccc1-c1cccc(-c2noc(C)c2Cl)c1S(N)(=O)=O. The highest BCUT2D eigenvalue weighted by molar-refractivity contribution is 7.89. The van der Waals surface area contributed by atoms with Gasteiger partial charge in [0, 0.05) is 17.7 Å². The molecule has 0 unspecified atom stereocenters. The number of hydrogen-bond acceptors (Lipinski definition) is 5. The van der Waals surface area contributed by atoms with Crippen LogP contribution in [0.15, 0.2) is 51.9 Å². The third kappa shape index (κ3) is 3.91. The summed E-state index contributed by atoms with van der Waals surface area (Å²) < 4.78 is 35.6. The Hall–Kier alpha value is -2.19. The number of nitrogens with zero attached hydrogens (tertiary/aromatic N) is 1. The van der Waals surface area contributed by atoms with Crippen LogP contribution in [0.4, 0.5) is 0 Å². The highest BCUT2D eigenvalue weighted by Crippen LogP contribution is 2.39. The summed E-state index contributed by atoms with van der Waals surface area (Å²) in [6, 6.07) is 12.5. The summed E-state index contributed by atoms with van der Waals surface area (Å²) in [5, 5.41) is 9.74. The summed E-state index contributed by atoms with van der Waals surface area (Å²) >= 11 is 6.25. The van der Waals surface area contributed by atoms with Crippen molar-refractivity contribution in [3.05, 3.63) is 58.8 Å². The lowest BCUT2D eigenvalue weighted by molar-refractivity contribution is 0.134. The summed E-state index contributed by atoms with van der Waals surface area (Å²) in [6.45, 7) is 4.44. The molecule has 0 saturated heterocycles. The number of sulfonamides is 1. The van der Waals surface area contributed by atoms with Crippen LogP contribution in [0.25, 0.3) is 22.4 Å². The van der Waals surface area contributed by atoms with Gasteiger partial charge in [0.25, 0.3) is 0 Å². The van der Waals surface area contributed by atoms with E-state index < -0.39 is 10.0 Å². The lowest BCUT2D eigenvalue weighted by Crippen LogP contribution is -2.15. The molecule has 0 radical (unpaired) electrons. The molecule has 142 valence electrons. The standard InChI is InChI=1S/C19H19ClN2O4S/c1-3-25-11-13-7-4-5-8-14(13)15-9-6-10-16(19(15)27(21,23)24)18-17(20)12(2)26-22-18/h4-10H,3,11H2,1-2H3,(H2,21,23,24). The lowest BCUT2D eigenvalue weighted by atomic mass is 9.97. The van der Waals surface area contributed by atoms with Crippen molar-refractivity contribution in [2.45, 2.75) is 25.3 Å². The number of ether oxygens (including phenoxy) is 1. The Morgan fingerprint density at radius 1 is 1.11 bits per heavy atom. The summed E-state index contributed by atoms with van der Waals surface area (Å²) in [6.07, 6.45) is 0. The van der Waals surface area contributed by atoms with Gasteiger partial charge in [-0.3, -0.25) is 0 Å². The predicted octanol–water partition coefficient (Wildman–Crippen LogP) is 4.15. The molecular weight excluding hydrogens is 388 g/mol. The predicted molar refractivity (Wildman–Crippen MR) is 104 cm³/mol. The molecule has 1 heterocycles. The fourth-order valence-electron chi connectivity index (χ4n) is 2.89. The van der Waals surface area contributed by atoms with Crippen molar-refractivity contribution in [3.8, 4) is 22.4 Å². The molecule has 0 aliphatic heterocycles. The number of rotatable bonds is 6. The van der Waals surface area contributed by atoms with Crippen LogP contribution in [0.3, 0.4) is 0 Å². The molecule has 2 aromatic carbocycles. The monoisotopic (exact) mass is 406 g/mol. The van der Waals surface area contributed by atoms with Gasteiger partial charge in [-0.15, -0.1) is 0 Å². The van der Waals surface area contributed by atoms with Gasteiger partial charge in [-0.05, 0) is 25.0 Å². The van der Waals surface area contributed by atoms with E-state index in [4.69, 9.17) is 26.0 Å². The number of hydrogen-bond donors (Lipinski definition) is 1. The van der Waals surface area contributed by atoms with Crippen molar-refractivity contribution >= 4 is 21.6 Å². The topological polar surface area (TPSA) is 95.4 Å². The van der Waals surface area contributed by atoms with E-state index in [9.17, 15) is 8.42 Å². The zero-order valence-corrected chi connectivity index (χ0v) is 16.5. The molecule has 3 aromatic rings. The molecule has 1 aromatic heterocycles. The second-order valence-corrected chi connectivity index (χ2v) is 7.80. The van der Waals surface area contributed by atoms with Gasteiger partial charge < -0.3 is 9.26 Å². The number of aromatic nitrogens is 1. The quantitative estimate of drug-likeness (QED) is 0.663. The number of aryl methyl sites for hydroxylation is 1. The van der Waals surface area contributed by atoms with Crippen LogP contribution in [0, 0.1) is 6.92 Å². The molecule has 0 amide bonds. The van der Waals surface area contributed by atoms with E-state index >= 15 is 0 Å². The molecule has 0 aliphatic carbocycles. The zero-order chi connectivity index (χ0) is 19.6. The molecule has 6 nitrogen and oxygen atoms in total. The van der Waals surface area contributed by atoms with Gasteiger partial charge in [0.2, 0.25) is 10.0 Å². The van der Waals surface area contributed by atoms with Crippen molar-refractivity contribution in [3.63, 3.8) is 0 Å². The van der Waals surface area contributed by atoms with Gasteiger partial charge in [0.05, 0.1) is 11.5 Å². The Morgan fingerprint density at radius 2 is 1.78 bits per heavy atom. The van der Waals surface area contributed by atoms with Gasteiger partial charge in [-0.1, -0.05) is 59.2 Å². The Kier molecular flexibility index (Phi) is 5.67. The minimum Gasteiger partial charge on any atom is -0.377 e. The van der Waals surface area contributed by atoms with E-state index in [1.165, 1.54) is 0 Å². The molecule has 2 N–H and O–H groups in total. The fraction of sp³-hybridized carbons (Fsp3) is 0.211. The van der Waals surface area contributed by atoms with Gasteiger partial charge >= 0.3 is 0 Å². The molecule has 0 spiro atoms. The van der Waals surface area contributed by atoms with Gasteiger partial charge in [-0.25, -0.2) is 13.6 Å². The first-order valence-corrected chi connectivity index (χ1v) is 10.2. The van der Waals surface area contributed by atoms with E-state index in [1.807, 2.05) is 31.2 Å². The van der Waals surface area contributed by atoms with Crippen molar-refractivity contribution in [1.29, 1.82) is 0 Å². The molecule has 0 fully saturated rings. The first-order chi connectivity index (χ1) is 12.8. The summed E-state index contributed by atoms with van der Waals surface area (Å²) in [5.74, 6) is 0.397. The van der Waals surface area contributed by atoms with Crippen LogP contribution in [0.1, 0.15) is 18.2 Å². The lowest BCUT2D eigenvalue weighted by Gasteiger charge is -2.15. The van der Waals surface area contributed by atoms with Crippen LogP contribution in [-0.4, -0.2) is 20.2 Å². The van der Waals surface area contributed by atoms with Crippen LogP contribution < -0.4 is 5.14 Å². The number of halogens is 1. The molecule has 0 saturated carbocycles. The fourth-order valence-corrected chi connectivity index (χ4v) is 4.02. The molecule has 0 bridgehead atoms. The van der Waals surface area contributed by atoms with Crippen molar-refractivity contribution in [1.82, 2.24) is 5.16 Å². The first kappa shape index (κ1) is 19.6. The van der Waals surface area contributed by atoms with Crippen LogP contribution in [0.2, 0.25) is 5.02 Å². The van der Waals surface area contributed by atoms with Crippen molar-refractivity contribution in [2.24, 2.45) is 5.14 Å². The summed E-state index contributed by atoms with van der Waals surface area (Å²) in [4.78, 5) is -0.0517. The number of primary sulfonamides is 1. The van der Waals surface area contributed by atoms with Gasteiger partial charge in [0.15, 0.2) is 5.76 Å². The maximum Gasteiger partial charge on any atom is 0.239 e. The minimum absolute atomic E-state index is 0.0517. The van der Waals surface area contributed by atoms with Gasteiger partial charge in [0.1, 0.15) is 10.7 Å². The molecule has 0 aliphatic rings. The average molecular weight is 407 g/mol. The maximum atomic E-state index is 12.5. The van der Waals surface area contributed by atoms with E-state index in [0.29, 0.717) is 35.7 Å². The first-order valence-electron chi connectivity index (χ1n) is 8.28. The summed E-state index contributed by atoms with van der Waals surface area (Å²) in [5.41, 5.74) is 2.56. The summed E-state index contributed by atoms with van der Waals surface area (Å²) in [7, 11) is -4.09. The maximum absolute atomic E-state index is 12.5. The Labute approximate surface area is 162 Å². The highest BCUT2D eigenvalue weighted by Gasteiger charge is 2.25. The van der Waals surface area contributed by atoms with Crippen LogP contribution >= 0.6 is 11.6 Å². The smallest absolute Gasteiger partial charge is 0.239 e. The molecule has 8 heteroatoms. The van der Waals surface area contributed by atoms with Crippen LogP contribution in [0.5, 0.6) is 0 Å². The van der Waals surface area contributed by atoms with E-state index in [-0.39, 0.29) is 15.6 Å². The molecule has 3 rings (SSSR count). The molecular formula is C19H19ClN2O4S. The average Bonchev–Trinajstić information content (AvgIpc) is 2.97. The minimum atomic E-state index is -4.09. The van der Waals surface area contributed by atoms with E-state index in [0.717, 1.165) is 5.56 Å². The Morgan fingerprint density at radius 3 is 2.41 bits per heavy atom. The normalized spacial score (nSPS) is 11.7.